The van der Waals surface area contributed by atoms with Gasteiger partial charge in [0.1, 0.15) is 0 Å². The summed E-state index contributed by atoms with van der Waals surface area (Å²) >= 11 is 11.5. The zero-order chi connectivity index (χ0) is 13.4. The van der Waals surface area contributed by atoms with Gasteiger partial charge in [0.2, 0.25) is 0 Å². The number of carboxylic acids is 1. The number of rotatable bonds is 7. The summed E-state index contributed by atoms with van der Waals surface area (Å²) < 4.78 is 0. The summed E-state index contributed by atoms with van der Waals surface area (Å²) in [6, 6.07) is 9.70. The molecule has 0 radical (unpaired) electrons. The summed E-state index contributed by atoms with van der Waals surface area (Å²) in [4.78, 5) is 12.5. The Bertz CT molecular complexity index is 407. The molecule has 0 atom stereocenters. The highest BCUT2D eigenvalue weighted by molar-refractivity contribution is 6.36. The van der Waals surface area contributed by atoms with Crippen LogP contribution in [0.5, 0.6) is 0 Å². The first-order valence-corrected chi connectivity index (χ1v) is 6.41. The molecule has 5 heteroatoms. The van der Waals surface area contributed by atoms with Gasteiger partial charge in [0, 0.05) is 29.2 Å². The Labute approximate surface area is 117 Å². The number of halogens is 2. The number of nitrogens with zero attached hydrogens (tertiary/aromatic N) is 1. The third-order valence-corrected chi connectivity index (χ3v) is 3.00. The lowest BCUT2D eigenvalue weighted by Gasteiger charge is -2.24. The predicted octanol–water partition coefficient (Wildman–Crippen LogP) is 3.68. The van der Waals surface area contributed by atoms with E-state index in [1.807, 2.05) is 35.2 Å². The Balaban J connectivity index is 2.66. The van der Waals surface area contributed by atoms with Crippen LogP contribution in [-0.2, 0) is 4.79 Å². The van der Waals surface area contributed by atoms with E-state index < -0.39 is 5.97 Å². The van der Waals surface area contributed by atoms with Gasteiger partial charge in [-0.05, 0) is 18.6 Å². The fourth-order valence-electron chi connectivity index (χ4n) is 1.58. The van der Waals surface area contributed by atoms with Gasteiger partial charge in [-0.1, -0.05) is 41.4 Å². The molecule has 0 aromatic heterocycles. The van der Waals surface area contributed by atoms with E-state index in [1.54, 1.807) is 0 Å². The number of hydrogen-bond donors (Lipinski definition) is 1. The smallest absolute Gasteiger partial charge is 0.303 e. The molecule has 3 nitrogen and oxygen atoms in total. The normalized spacial score (nSPS) is 11.3. The average molecular weight is 288 g/mol. The predicted molar refractivity (Wildman–Crippen MR) is 75.3 cm³/mol. The van der Waals surface area contributed by atoms with Crippen LogP contribution in [0, 0.1) is 0 Å². The average Bonchev–Trinajstić information content (AvgIpc) is 2.38. The molecule has 0 spiro atoms. The molecule has 1 aromatic rings. The van der Waals surface area contributed by atoms with Crippen LogP contribution in [0.2, 0.25) is 0 Å². The fraction of sp³-hybridized carbons (Fsp3) is 0.308. The second kappa shape index (κ2) is 8.01. The van der Waals surface area contributed by atoms with Crippen molar-refractivity contribution in [1.29, 1.82) is 0 Å². The molecule has 0 heterocycles. The van der Waals surface area contributed by atoms with Crippen LogP contribution in [0.3, 0.4) is 0 Å². The number of aliphatic carboxylic acids is 1. The summed E-state index contributed by atoms with van der Waals surface area (Å²) in [5.74, 6) is -0.790. The van der Waals surface area contributed by atoms with Crippen LogP contribution in [-0.4, -0.2) is 24.2 Å². The molecule has 0 amide bonds. The molecule has 1 aromatic carbocycles. The lowest BCUT2D eigenvalue weighted by molar-refractivity contribution is -0.137. The summed E-state index contributed by atoms with van der Waals surface area (Å²) in [6.45, 7) is 1.10. The number of para-hydroxylation sites is 1. The third-order valence-electron chi connectivity index (χ3n) is 2.40. The van der Waals surface area contributed by atoms with Crippen molar-refractivity contribution in [2.75, 3.05) is 18.0 Å². The minimum absolute atomic E-state index is 0.144. The molecule has 0 aliphatic heterocycles. The van der Waals surface area contributed by atoms with Gasteiger partial charge in [-0.15, -0.1) is 0 Å². The van der Waals surface area contributed by atoms with Crippen molar-refractivity contribution in [2.45, 2.75) is 12.8 Å². The van der Waals surface area contributed by atoms with Gasteiger partial charge in [-0.3, -0.25) is 4.79 Å². The standard InChI is InChI=1S/C13H15Cl2NO2/c14-9-11(15)10-16(8-4-7-13(17)18)12-5-2-1-3-6-12/h1-3,5-6,9H,4,7-8,10H2,(H,17,18). The number of carbonyl (C=O) groups is 1. The van der Waals surface area contributed by atoms with E-state index >= 15 is 0 Å². The molecule has 0 bridgehead atoms. The van der Waals surface area contributed by atoms with Crippen LogP contribution < -0.4 is 4.90 Å². The Morgan fingerprint density at radius 3 is 2.56 bits per heavy atom. The topological polar surface area (TPSA) is 40.5 Å². The molecule has 0 aliphatic carbocycles. The van der Waals surface area contributed by atoms with Gasteiger partial charge in [-0.2, -0.15) is 0 Å². The van der Waals surface area contributed by atoms with E-state index in [-0.39, 0.29) is 6.42 Å². The van der Waals surface area contributed by atoms with Gasteiger partial charge in [0.25, 0.3) is 0 Å². The van der Waals surface area contributed by atoms with Crippen LogP contribution in [0.25, 0.3) is 0 Å². The van der Waals surface area contributed by atoms with Crippen molar-refractivity contribution in [1.82, 2.24) is 0 Å². The van der Waals surface area contributed by atoms with Crippen molar-refractivity contribution >= 4 is 34.9 Å². The van der Waals surface area contributed by atoms with E-state index in [9.17, 15) is 4.79 Å². The monoisotopic (exact) mass is 287 g/mol. The molecular weight excluding hydrogens is 273 g/mol. The highest BCUT2D eigenvalue weighted by Gasteiger charge is 2.08. The molecule has 98 valence electrons. The van der Waals surface area contributed by atoms with E-state index in [0.717, 1.165) is 5.69 Å². The third kappa shape index (κ3) is 5.43. The molecule has 1 rings (SSSR count). The maximum Gasteiger partial charge on any atom is 0.303 e. The molecule has 0 fully saturated rings. The van der Waals surface area contributed by atoms with Crippen molar-refractivity contribution in [3.05, 3.63) is 40.9 Å². The van der Waals surface area contributed by atoms with E-state index in [4.69, 9.17) is 28.3 Å². The zero-order valence-electron chi connectivity index (χ0n) is 9.85. The van der Waals surface area contributed by atoms with Crippen LogP contribution in [0.4, 0.5) is 5.69 Å². The molecule has 0 aliphatic rings. The summed E-state index contributed by atoms with van der Waals surface area (Å²) in [5, 5.41) is 9.17. The number of benzene rings is 1. The highest BCUT2D eigenvalue weighted by atomic mass is 35.5. The first kappa shape index (κ1) is 14.9. The minimum atomic E-state index is -0.790. The number of hydrogen-bond acceptors (Lipinski definition) is 2. The zero-order valence-corrected chi connectivity index (χ0v) is 11.4. The van der Waals surface area contributed by atoms with Gasteiger partial charge in [-0.25, -0.2) is 0 Å². The molecule has 18 heavy (non-hydrogen) atoms. The van der Waals surface area contributed by atoms with Crippen LogP contribution in [0.15, 0.2) is 40.9 Å². The van der Waals surface area contributed by atoms with Gasteiger partial charge >= 0.3 is 5.97 Å². The Hall–Kier alpha value is -1.19. The largest absolute Gasteiger partial charge is 0.481 e. The van der Waals surface area contributed by atoms with Gasteiger partial charge < -0.3 is 10.0 Å². The quantitative estimate of drug-likeness (QED) is 0.832. The Morgan fingerprint density at radius 1 is 1.33 bits per heavy atom. The Morgan fingerprint density at radius 2 is 2.00 bits per heavy atom. The molecule has 1 N–H and O–H groups in total. The lowest BCUT2D eigenvalue weighted by Crippen LogP contribution is -2.26. The molecule has 0 unspecified atom stereocenters. The number of carboxylic acid groups (broad SMARTS) is 1. The first-order valence-electron chi connectivity index (χ1n) is 5.60. The maximum atomic E-state index is 10.5. The molecular formula is C13H15Cl2NO2. The second-order valence-corrected chi connectivity index (χ2v) is 4.51. The van der Waals surface area contributed by atoms with E-state index in [0.29, 0.717) is 24.5 Å². The van der Waals surface area contributed by atoms with Crippen LogP contribution >= 0.6 is 23.2 Å². The van der Waals surface area contributed by atoms with Crippen LogP contribution in [0.1, 0.15) is 12.8 Å². The molecule has 0 saturated carbocycles. The van der Waals surface area contributed by atoms with E-state index in [1.165, 1.54) is 5.54 Å². The first-order chi connectivity index (χ1) is 8.63. The van der Waals surface area contributed by atoms with Gasteiger partial charge in [0.05, 0.1) is 6.54 Å². The summed E-state index contributed by atoms with van der Waals surface area (Å²) in [5.41, 5.74) is 2.33. The van der Waals surface area contributed by atoms with E-state index in [2.05, 4.69) is 0 Å². The van der Waals surface area contributed by atoms with Crippen molar-refractivity contribution < 1.29 is 9.90 Å². The maximum absolute atomic E-state index is 10.5. The van der Waals surface area contributed by atoms with Crippen molar-refractivity contribution in [3.63, 3.8) is 0 Å². The fourth-order valence-corrected chi connectivity index (χ4v) is 1.79. The summed E-state index contributed by atoms with van der Waals surface area (Å²) in [7, 11) is 0. The lowest BCUT2D eigenvalue weighted by atomic mass is 10.2. The highest BCUT2D eigenvalue weighted by Crippen LogP contribution is 2.17. The second-order valence-electron chi connectivity index (χ2n) is 3.81. The Kier molecular flexibility index (Phi) is 6.61. The van der Waals surface area contributed by atoms with Crippen molar-refractivity contribution in [3.8, 4) is 0 Å². The van der Waals surface area contributed by atoms with Gasteiger partial charge in [0.15, 0.2) is 0 Å². The van der Waals surface area contributed by atoms with Crippen molar-refractivity contribution in [2.24, 2.45) is 0 Å². The number of anilines is 1. The molecule has 0 saturated heterocycles. The SMILES string of the molecule is O=C(O)CCCN(CC(Cl)=CCl)c1ccccc1. The minimum Gasteiger partial charge on any atom is -0.481 e. The summed E-state index contributed by atoms with van der Waals surface area (Å²) in [6.07, 6.45) is 0.711.